The van der Waals surface area contributed by atoms with Crippen LogP contribution in [-0.4, -0.2) is 18.6 Å². The number of benzene rings is 2. The normalized spacial score (nSPS) is 18.0. The van der Waals surface area contributed by atoms with Gasteiger partial charge in [0, 0.05) is 23.8 Å². The summed E-state index contributed by atoms with van der Waals surface area (Å²) in [6, 6.07) is 17.0. The fraction of sp³-hybridized carbons (Fsp3) is 0.333. The number of para-hydroxylation sites is 1. The van der Waals surface area contributed by atoms with Gasteiger partial charge in [0.25, 0.3) is 0 Å². The van der Waals surface area contributed by atoms with Crippen molar-refractivity contribution in [2.45, 2.75) is 25.4 Å². The van der Waals surface area contributed by atoms with Crippen molar-refractivity contribution in [2.24, 2.45) is 0 Å². The number of nitrogens with two attached hydrogens (primary N) is 1. The molecule has 3 rings (SSSR count). The predicted octanol–water partition coefficient (Wildman–Crippen LogP) is 4.04. The second kappa shape index (κ2) is 7.52. The Morgan fingerprint density at radius 1 is 1.18 bits per heavy atom. The van der Waals surface area contributed by atoms with Crippen LogP contribution < -0.4 is 10.5 Å². The quantitative estimate of drug-likeness (QED) is 0.865. The molecule has 0 amide bonds. The van der Waals surface area contributed by atoms with Crippen LogP contribution in [0.4, 0.5) is 5.69 Å². The first kappa shape index (κ1) is 16.7. The van der Waals surface area contributed by atoms with E-state index in [0.717, 1.165) is 24.5 Å². The van der Waals surface area contributed by atoms with Crippen molar-refractivity contribution in [1.82, 2.24) is 4.90 Å². The summed E-state index contributed by atoms with van der Waals surface area (Å²) in [5.74, 6) is 0.988. The molecule has 1 aliphatic heterocycles. The molecule has 0 bridgehead atoms. The van der Waals surface area contributed by atoms with Gasteiger partial charge < -0.3 is 10.5 Å². The highest BCUT2D eigenvalue weighted by atomic mass is 35.5. The van der Waals surface area contributed by atoms with Crippen LogP contribution in [-0.2, 0) is 6.54 Å². The molecule has 1 aliphatic rings. The van der Waals surface area contributed by atoms with Crippen LogP contribution in [0.25, 0.3) is 0 Å². The molecule has 4 heteroatoms. The van der Waals surface area contributed by atoms with Crippen molar-refractivity contribution >= 4 is 18.1 Å². The lowest BCUT2D eigenvalue weighted by atomic mass is 10.0. The van der Waals surface area contributed by atoms with Crippen LogP contribution in [0, 0.1) is 0 Å². The fourth-order valence-electron chi connectivity index (χ4n) is 3.24. The zero-order chi connectivity index (χ0) is 14.7. The number of likely N-dealkylation sites (tertiary alicyclic amines) is 1. The summed E-state index contributed by atoms with van der Waals surface area (Å²) in [5.41, 5.74) is 9.29. The Balaban J connectivity index is 0.00000176. The molecule has 2 N–H and O–H groups in total. The lowest BCUT2D eigenvalue weighted by Gasteiger charge is -2.26. The number of hydrogen-bond acceptors (Lipinski definition) is 3. The van der Waals surface area contributed by atoms with E-state index in [1.165, 1.54) is 24.0 Å². The van der Waals surface area contributed by atoms with Gasteiger partial charge in [-0.1, -0.05) is 30.3 Å². The van der Waals surface area contributed by atoms with Gasteiger partial charge >= 0.3 is 0 Å². The molecule has 0 aromatic heterocycles. The molecule has 1 fully saturated rings. The minimum Gasteiger partial charge on any atom is -0.496 e. The number of nitrogen functional groups attached to an aromatic ring is 1. The van der Waals surface area contributed by atoms with Gasteiger partial charge in [0.2, 0.25) is 0 Å². The first-order chi connectivity index (χ1) is 10.3. The highest BCUT2D eigenvalue weighted by Gasteiger charge is 2.27. The second-order valence-electron chi connectivity index (χ2n) is 5.62. The zero-order valence-corrected chi connectivity index (χ0v) is 13.7. The molecule has 1 unspecified atom stereocenters. The van der Waals surface area contributed by atoms with Gasteiger partial charge in [-0.2, -0.15) is 0 Å². The maximum absolute atomic E-state index is 5.89. The monoisotopic (exact) mass is 318 g/mol. The van der Waals surface area contributed by atoms with E-state index >= 15 is 0 Å². The predicted molar refractivity (Wildman–Crippen MR) is 93.5 cm³/mol. The third-order valence-corrected chi connectivity index (χ3v) is 4.20. The molecule has 118 valence electrons. The van der Waals surface area contributed by atoms with E-state index in [4.69, 9.17) is 10.5 Å². The Labute approximate surface area is 138 Å². The molecular weight excluding hydrogens is 296 g/mol. The fourth-order valence-corrected chi connectivity index (χ4v) is 3.24. The number of methoxy groups -OCH3 is 1. The van der Waals surface area contributed by atoms with Crippen LogP contribution in [0.2, 0.25) is 0 Å². The Kier molecular flexibility index (Phi) is 5.69. The molecule has 1 atom stereocenters. The molecule has 0 radical (unpaired) electrons. The second-order valence-corrected chi connectivity index (χ2v) is 5.62. The van der Waals surface area contributed by atoms with E-state index in [2.05, 4.69) is 29.2 Å². The SMILES string of the molecule is COc1ccccc1C1CCCN1Cc1cccc(N)c1.Cl. The summed E-state index contributed by atoms with van der Waals surface area (Å²) < 4.78 is 5.53. The minimum absolute atomic E-state index is 0. The van der Waals surface area contributed by atoms with Crippen molar-refractivity contribution in [3.63, 3.8) is 0 Å². The molecule has 1 heterocycles. The Morgan fingerprint density at radius 3 is 2.77 bits per heavy atom. The Morgan fingerprint density at radius 2 is 2.00 bits per heavy atom. The molecule has 0 saturated carbocycles. The molecule has 1 saturated heterocycles. The summed E-state index contributed by atoms with van der Waals surface area (Å²) in [6.07, 6.45) is 2.41. The molecule has 0 aliphatic carbocycles. The summed E-state index contributed by atoms with van der Waals surface area (Å²) >= 11 is 0. The molecule has 2 aromatic carbocycles. The minimum atomic E-state index is 0. The summed E-state index contributed by atoms with van der Waals surface area (Å²) in [7, 11) is 1.75. The van der Waals surface area contributed by atoms with Crippen LogP contribution in [0.15, 0.2) is 48.5 Å². The summed E-state index contributed by atoms with van der Waals surface area (Å²) in [4.78, 5) is 2.52. The molecule has 0 spiro atoms. The van der Waals surface area contributed by atoms with Gasteiger partial charge in [-0.15, -0.1) is 12.4 Å². The highest BCUT2D eigenvalue weighted by Crippen LogP contribution is 2.37. The first-order valence-corrected chi connectivity index (χ1v) is 7.49. The number of halogens is 1. The highest BCUT2D eigenvalue weighted by molar-refractivity contribution is 5.85. The number of rotatable bonds is 4. The van der Waals surface area contributed by atoms with Crippen molar-refractivity contribution < 1.29 is 4.74 Å². The van der Waals surface area contributed by atoms with Gasteiger partial charge in [-0.25, -0.2) is 0 Å². The van der Waals surface area contributed by atoms with Gasteiger partial charge in [0.15, 0.2) is 0 Å². The van der Waals surface area contributed by atoms with E-state index in [1.807, 2.05) is 24.3 Å². The van der Waals surface area contributed by atoms with Crippen molar-refractivity contribution in [3.05, 3.63) is 59.7 Å². The van der Waals surface area contributed by atoms with Gasteiger partial charge in [0.1, 0.15) is 5.75 Å². The lowest BCUT2D eigenvalue weighted by Crippen LogP contribution is -2.23. The van der Waals surface area contributed by atoms with E-state index in [9.17, 15) is 0 Å². The first-order valence-electron chi connectivity index (χ1n) is 7.49. The molecular formula is C18H23ClN2O. The Bertz CT molecular complexity index is 618. The largest absolute Gasteiger partial charge is 0.496 e. The number of ether oxygens (including phenoxy) is 1. The van der Waals surface area contributed by atoms with E-state index < -0.39 is 0 Å². The number of anilines is 1. The summed E-state index contributed by atoms with van der Waals surface area (Å²) in [6.45, 7) is 2.06. The standard InChI is InChI=1S/C18H22N2O.ClH/c1-21-18-10-3-2-8-16(18)17-9-5-11-20(17)13-14-6-4-7-15(19)12-14;/h2-4,6-8,10,12,17H,5,9,11,13,19H2,1H3;1H. The van der Waals surface area contributed by atoms with Gasteiger partial charge in [-0.3, -0.25) is 4.90 Å². The van der Waals surface area contributed by atoms with Gasteiger partial charge in [0.05, 0.1) is 7.11 Å². The number of hydrogen-bond donors (Lipinski definition) is 1. The zero-order valence-electron chi connectivity index (χ0n) is 12.9. The molecule has 3 nitrogen and oxygen atoms in total. The molecule has 2 aromatic rings. The third kappa shape index (κ3) is 3.54. The number of nitrogens with zero attached hydrogens (tertiary/aromatic N) is 1. The van der Waals surface area contributed by atoms with E-state index in [0.29, 0.717) is 6.04 Å². The van der Waals surface area contributed by atoms with Gasteiger partial charge in [-0.05, 0) is 43.1 Å². The van der Waals surface area contributed by atoms with Crippen LogP contribution >= 0.6 is 12.4 Å². The lowest BCUT2D eigenvalue weighted by molar-refractivity contribution is 0.243. The van der Waals surface area contributed by atoms with Crippen molar-refractivity contribution in [3.8, 4) is 5.75 Å². The summed E-state index contributed by atoms with van der Waals surface area (Å²) in [5, 5.41) is 0. The smallest absolute Gasteiger partial charge is 0.123 e. The van der Waals surface area contributed by atoms with Crippen LogP contribution in [0.1, 0.15) is 30.0 Å². The third-order valence-electron chi connectivity index (χ3n) is 4.20. The van der Waals surface area contributed by atoms with E-state index in [-0.39, 0.29) is 12.4 Å². The maximum atomic E-state index is 5.89. The average molecular weight is 319 g/mol. The van der Waals surface area contributed by atoms with Crippen LogP contribution in [0.5, 0.6) is 5.75 Å². The van der Waals surface area contributed by atoms with Crippen molar-refractivity contribution in [1.29, 1.82) is 0 Å². The Hall–Kier alpha value is -1.71. The van der Waals surface area contributed by atoms with E-state index in [1.54, 1.807) is 7.11 Å². The van der Waals surface area contributed by atoms with Crippen molar-refractivity contribution in [2.75, 3.05) is 19.4 Å². The average Bonchev–Trinajstić information content (AvgIpc) is 2.95. The molecule has 22 heavy (non-hydrogen) atoms. The maximum Gasteiger partial charge on any atom is 0.123 e. The van der Waals surface area contributed by atoms with Crippen LogP contribution in [0.3, 0.4) is 0 Å². The topological polar surface area (TPSA) is 38.5 Å².